The lowest BCUT2D eigenvalue weighted by Gasteiger charge is -2.14. The van der Waals surface area contributed by atoms with Crippen molar-refractivity contribution in [1.82, 2.24) is 4.98 Å². The number of pyridine rings is 2. The lowest BCUT2D eigenvalue weighted by molar-refractivity contribution is -0.667. The van der Waals surface area contributed by atoms with Gasteiger partial charge in [0.25, 0.3) is 0 Å². The Kier molecular flexibility index (Phi) is 2.15. The number of hydrogen-bond donors (Lipinski definition) is 0. The molecule has 0 aliphatic heterocycles. The van der Waals surface area contributed by atoms with Gasteiger partial charge in [-0.05, 0) is 36.9 Å². The molecule has 28 heavy (non-hydrogen) atoms. The molecule has 0 bridgehead atoms. The summed E-state index contributed by atoms with van der Waals surface area (Å²) in [5.41, 5.74) is -0.104. The number of furan rings is 1. The van der Waals surface area contributed by atoms with Crippen LogP contribution in [0.25, 0.3) is 33.3 Å². The average molecular weight is 382 g/mol. The molecule has 0 saturated heterocycles. The first-order valence-corrected chi connectivity index (χ1v) is 8.53. The first kappa shape index (κ1) is 9.34. The maximum Gasteiger partial charge on any atom is 0.227 e. The van der Waals surface area contributed by atoms with Crippen LogP contribution in [0.4, 0.5) is 0 Å². The van der Waals surface area contributed by atoms with Crippen LogP contribution in [0.5, 0.6) is 0 Å². The van der Waals surface area contributed by atoms with Gasteiger partial charge >= 0.3 is 0 Å². The molecule has 4 rings (SSSR count). The predicted molar refractivity (Wildman–Crippen MR) is 111 cm³/mol. The van der Waals surface area contributed by atoms with Gasteiger partial charge in [-0.3, -0.25) is 0 Å². The first-order chi connectivity index (χ1) is 17.8. The van der Waals surface area contributed by atoms with Gasteiger partial charge in [-0.2, -0.15) is 9.83 Å². The second-order valence-corrected chi connectivity index (χ2v) is 6.67. The van der Waals surface area contributed by atoms with Gasteiger partial charge < -0.3 is 4.42 Å². The van der Waals surface area contributed by atoms with E-state index in [1.54, 1.807) is 25.1 Å². The number of hydrogen-bond acceptors (Lipinski definition) is 3. The van der Waals surface area contributed by atoms with E-state index in [4.69, 9.17) is 19.5 Å². The van der Waals surface area contributed by atoms with E-state index in [0.717, 1.165) is 0 Å². The van der Waals surface area contributed by atoms with Gasteiger partial charge in [0.05, 0.1) is 12.5 Å². The van der Waals surface area contributed by atoms with Gasteiger partial charge in [-0.15, -0.1) is 0 Å². The van der Waals surface area contributed by atoms with Crippen molar-refractivity contribution in [3.05, 3.63) is 58.4 Å². The van der Waals surface area contributed by atoms with Crippen LogP contribution in [-0.4, -0.2) is 4.98 Å². The molecule has 0 unspecified atom stereocenters. The van der Waals surface area contributed by atoms with Gasteiger partial charge in [0.1, 0.15) is 13.1 Å². The van der Waals surface area contributed by atoms with Gasteiger partial charge in [-0.1, -0.05) is 25.8 Å². The lowest BCUT2D eigenvalue weighted by atomic mass is 9.93. The molecule has 3 aromatic heterocycles. The number of aromatic nitrogens is 2. The first-order valence-electron chi connectivity index (χ1n) is 14.0. The Labute approximate surface area is 180 Å². The fourth-order valence-corrected chi connectivity index (χ4v) is 3.38. The molecule has 0 aliphatic rings. The van der Waals surface area contributed by atoms with E-state index >= 15 is 0 Å². The van der Waals surface area contributed by atoms with Crippen molar-refractivity contribution in [3.8, 4) is 17.3 Å². The molecule has 0 radical (unpaired) electrons. The quantitative estimate of drug-likeness (QED) is 0.437. The molecular formula is C24H24N3O+. The third-order valence-corrected chi connectivity index (χ3v) is 5.02. The van der Waals surface area contributed by atoms with Crippen LogP contribution in [-0.2, 0) is 7.05 Å². The summed E-state index contributed by atoms with van der Waals surface area (Å²) in [6.07, 6.45) is 1.33. The monoisotopic (exact) mass is 381 g/mol. The number of fused-ring (bicyclic) bond motifs is 3. The van der Waals surface area contributed by atoms with Crippen molar-refractivity contribution in [3.63, 3.8) is 0 Å². The van der Waals surface area contributed by atoms with Crippen LogP contribution in [0.1, 0.15) is 62.6 Å². The largest absolute Gasteiger partial charge is 0.437 e. The molecule has 0 N–H and O–H groups in total. The van der Waals surface area contributed by atoms with Crippen LogP contribution >= 0.6 is 0 Å². The summed E-state index contributed by atoms with van der Waals surface area (Å²) in [6.45, 7) is -7.00. The van der Waals surface area contributed by atoms with Crippen LogP contribution in [0.3, 0.4) is 0 Å². The van der Waals surface area contributed by atoms with Gasteiger partial charge in [0.2, 0.25) is 11.4 Å². The average Bonchev–Trinajstić information content (AvgIpc) is 3.17. The Morgan fingerprint density at radius 2 is 2.14 bits per heavy atom. The van der Waals surface area contributed by atoms with Gasteiger partial charge in [-0.25, -0.2) is 4.98 Å². The molecule has 4 nitrogen and oxygen atoms in total. The van der Waals surface area contributed by atoms with E-state index in [1.165, 1.54) is 24.7 Å². The molecule has 4 heteroatoms. The number of nitriles is 1. The van der Waals surface area contributed by atoms with Gasteiger partial charge in [0.15, 0.2) is 11.3 Å². The van der Waals surface area contributed by atoms with Gasteiger partial charge in [0, 0.05) is 49.2 Å². The highest BCUT2D eigenvalue weighted by Crippen LogP contribution is 2.37. The fourth-order valence-electron chi connectivity index (χ4n) is 3.38. The van der Waals surface area contributed by atoms with Crippen molar-refractivity contribution < 1.29 is 24.1 Å². The third-order valence-electron chi connectivity index (χ3n) is 5.02. The van der Waals surface area contributed by atoms with Crippen LogP contribution < -0.4 is 4.57 Å². The third kappa shape index (κ3) is 2.58. The summed E-state index contributed by atoms with van der Waals surface area (Å²) in [4.78, 5) is 4.19. The van der Waals surface area contributed by atoms with Crippen molar-refractivity contribution in [2.24, 2.45) is 7.05 Å². The van der Waals surface area contributed by atoms with Crippen molar-refractivity contribution in [1.29, 1.82) is 5.26 Å². The maximum absolute atomic E-state index is 9.31. The topological polar surface area (TPSA) is 53.7 Å². The number of rotatable bonds is 2. The minimum absolute atomic E-state index is 0.0247. The van der Waals surface area contributed by atoms with Crippen molar-refractivity contribution in [2.45, 2.75) is 40.3 Å². The van der Waals surface area contributed by atoms with Crippen molar-refractivity contribution in [2.75, 3.05) is 0 Å². The number of aryl methyl sites for hydroxylation is 1. The van der Waals surface area contributed by atoms with E-state index in [9.17, 15) is 5.26 Å². The Hall–Kier alpha value is -3.19. The molecule has 1 aromatic carbocycles. The minimum Gasteiger partial charge on any atom is -0.437 e. The zero-order valence-electron chi connectivity index (χ0n) is 26.6. The normalized spacial score (nSPS) is 19.0. The van der Waals surface area contributed by atoms with E-state index in [0.29, 0.717) is 16.3 Å². The van der Waals surface area contributed by atoms with E-state index < -0.39 is 43.6 Å². The summed E-state index contributed by atoms with van der Waals surface area (Å²) in [6, 6.07) is 6.31. The predicted octanol–water partition coefficient (Wildman–Crippen LogP) is 5.39. The SMILES string of the molecule is [2H]c1c(C([2H])(C([2H])([2H])[2H])C([2H])([2H])[2H])c(C([2H])([2H])[2H])c(C)[n+](C)c1-c1c(C)ccc2c1oc1ncc(C#N)cc12. The highest BCUT2D eigenvalue weighted by molar-refractivity contribution is 6.09. The van der Waals surface area contributed by atoms with E-state index in [-0.39, 0.29) is 33.8 Å². The second kappa shape index (κ2) is 6.45. The van der Waals surface area contributed by atoms with Crippen LogP contribution in [0, 0.1) is 32.0 Å². The molecule has 140 valence electrons. The molecule has 0 amide bonds. The van der Waals surface area contributed by atoms with Crippen LogP contribution in [0.15, 0.2) is 34.9 Å². The summed E-state index contributed by atoms with van der Waals surface area (Å²) < 4.78 is 97.9. The zero-order valence-corrected chi connectivity index (χ0v) is 15.6. The Bertz CT molecular complexity index is 1680. The van der Waals surface area contributed by atoms with Crippen molar-refractivity contribution >= 4 is 22.1 Å². The Morgan fingerprint density at radius 3 is 2.86 bits per heavy atom. The lowest BCUT2D eigenvalue weighted by Crippen LogP contribution is -2.36. The number of nitrogens with zero attached hydrogens (tertiary/aromatic N) is 3. The summed E-state index contributed by atoms with van der Waals surface area (Å²) >= 11 is 0. The van der Waals surface area contributed by atoms with Crippen LogP contribution in [0.2, 0.25) is 0 Å². The summed E-state index contributed by atoms with van der Waals surface area (Å²) in [5.74, 6) is -3.44. The Morgan fingerprint density at radius 1 is 1.32 bits per heavy atom. The molecule has 0 atom stereocenters. The molecule has 0 spiro atoms. The molecule has 0 fully saturated rings. The molecule has 4 aromatic rings. The zero-order chi connectivity index (χ0) is 29.5. The summed E-state index contributed by atoms with van der Waals surface area (Å²) in [5, 5.41) is 10.3. The molecule has 0 aliphatic carbocycles. The van der Waals surface area contributed by atoms with E-state index in [2.05, 4.69) is 4.98 Å². The second-order valence-electron chi connectivity index (χ2n) is 6.67. The Balaban J connectivity index is 2.28. The minimum atomic E-state index is -3.52. The smallest absolute Gasteiger partial charge is 0.227 e. The van der Waals surface area contributed by atoms with E-state index in [1.807, 2.05) is 6.07 Å². The standard InChI is InChI=1S/C24H24N3O/c1-13(2)19-10-21(27(6)16(5)15(19)4)22-14(3)7-8-18-20-9-17(11-25)12-26-24(20)28-23(18)22/h7-10,12-13H,1-6H3/q+1/i1D3,2D3,4D3,10D,13D. The summed E-state index contributed by atoms with van der Waals surface area (Å²) in [7, 11) is 1.48. The molecule has 3 heterocycles. The maximum atomic E-state index is 9.31. The molecule has 0 saturated carbocycles. The highest BCUT2D eigenvalue weighted by atomic mass is 16.3. The highest BCUT2D eigenvalue weighted by Gasteiger charge is 2.25. The fraction of sp³-hybridized carbons (Fsp3) is 0.292. The number of benzene rings is 1. The molecular weight excluding hydrogens is 346 g/mol.